The third-order valence-electron chi connectivity index (χ3n) is 3.85. The fraction of sp³-hybridized carbons (Fsp3) is 0.381. The summed E-state index contributed by atoms with van der Waals surface area (Å²) in [7, 11) is 0. The molecule has 2 aromatic rings. The largest absolute Gasteiger partial charge is 0.462 e. The number of esters is 2. The van der Waals surface area contributed by atoms with Crippen LogP contribution in [0.5, 0.6) is 0 Å². The van der Waals surface area contributed by atoms with E-state index in [0.29, 0.717) is 22.9 Å². The fourth-order valence-corrected chi connectivity index (χ4v) is 3.88. The number of benzene rings is 1. The van der Waals surface area contributed by atoms with Gasteiger partial charge in [-0.1, -0.05) is 41.9 Å². The van der Waals surface area contributed by atoms with Crippen molar-refractivity contribution in [1.82, 2.24) is 0 Å². The lowest BCUT2D eigenvalue weighted by Gasteiger charge is -2.10. The lowest BCUT2D eigenvalue weighted by atomic mass is 10.0. The van der Waals surface area contributed by atoms with Crippen LogP contribution >= 0.6 is 27.3 Å². The Morgan fingerprint density at radius 3 is 2.45 bits per heavy atom. The van der Waals surface area contributed by atoms with Crippen LogP contribution in [0.4, 0.5) is 5.00 Å². The van der Waals surface area contributed by atoms with Crippen molar-refractivity contribution in [3.05, 3.63) is 50.8 Å². The average molecular weight is 482 g/mol. The maximum absolute atomic E-state index is 12.3. The predicted octanol–water partition coefficient (Wildman–Crippen LogP) is 4.61. The van der Waals surface area contributed by atoms with Gasteiger partial charge < -0.3 is 14.8 Å². The molecule has 0 radical (unpaired) electrons. The van der Waals surface area contributed by atoms with Gasteiger partial charge in [0.05, 0.1) is 18.6 Å². The Balaban J connectivity index is 1.97. The molecule has 29 heavy (non-hydrogen) atoms. The van der Waals surface area contributed by atoms with Crippen LogP contribution < -0.4 is 5.32 Å². The van der Waals surface area contributed by atoms with Gasteiger partial charge in [-0.25, -0.2) is 4.79 Å². The molecule has 0 aliphatic heterocycles. The van der Waals surface area contributed by atoms with Gasteiger partial charge >= 0.3 is 11.9 Å². The second-order valence-corrected chi connectivity index (χ2v) is 8.59. The summed E-state index contributed by atoms with van der Waals surface area (Å²) in [4.78, 5) is 36.5. The molecule has 0 spiro atoms. The van der Waals surface area contributed by atoms with Crippen molar-refractivity contribution in [2.75, 3.05) is 18.5 Å². The zero-order chi connectivity index (χ0) is 21.4. The van der Waals surface area contributed by atoms with Gasteiger partial charge in [-0.05, 0) is 47.9 Å². The molecule has 0 bridgehead atoms. The number of ether oxygens (including phenoxy) is 2. The smallest absolute Gasteiger partial charge is 0.341 e. The molecule has 156 valence electrons. The van der Waals surface area contributed by atoms with E-state index in [-0.39, 0.29) is 13.0 Å². The Labute approximate surface area is 182 Å². The van der Waals surface area contributed by atoms with E-state index in [4.69, 9.17) is 9.47 Å². The van der Waals surface area contributed by atoms with Gasteiger partial charge in [-0.3, -0.25) is 9.59 Å². The van der Waals surface area contributed by atoms with Crippen molar-refractivity contribution in [2.24, 2.45) is 5.92 Å². The van der Waals surface area contributed by atoms with Gasteiger partial charge in [0.15, 0.2) is 6.61 Å². The maximum atomic E-state index is 12.3. The molecule has 6 nitrogen and oxygen atoms in total. The van der Waals surface area contributed by atoms with Crippen molar-refractivity contribution in [1.29, 1.82) is 0 Å². The van der Waals surface area contributed by atoms with Crippen LogP contribution in [0.25, 0.3) is 0 Å². The predicted molar refractivity (Wildman–Crippen MR) is 116 cm³/mol. The number of nitrogens with one attached hydrogen (secondary N) is 1. The Bertz CT molecular complexity index is 860. The Morgan fingerprint density at radius 2 is 1.83 bits per heavy atom. The van der Waals surface area contributed by atoms with E-state index >= 15 is 0 Å². The Hall–Kier alpha value is -2.19. The van der Waals surface area contributed by atoms with E-state index in [1.807, 2.05) is 17.5 Å². The molecule has 2 rings (SSSR count). The molecule has 8 heteroatoms. The van der Waals surface area contributed by atoms with Crippen molar-refractivity contribution >= 4 is 50.1 Å². The van der Waals surface area contributed by atoms with E-state index in [1.54, 1.807) is 19.1 Å². The second-order valence-electron chi connectivity index (χ2n) is 6.80. The molecule has 1 N–H and O–H groups in total. The molecule has 1 amide bonds. The topological polar surface area (TPSA) is 81.7 Å². The van der Waals surface area contributed by atoms with E-state index in [1.165, 1.54) is 11.3 Å². The molecular formula is C21H24BrNO5S. The number of anilines is 1. The van der Waals surface area contributed by atoms with Gasteiger partial charge in [0.1, 0.15) is 5.00 Å². The normalized spacial score (nSPS) is 10.7. The van der Waals surface area contributed by atoms with Gasteiger partial charge in [-0.2, -0.15) is 0 Å². The number of hydrogen-bond donors (Lipinski definition) is 1. The minimum atomic E-state index is -0.502. The Kier molecular flexibility index (Phi) is 8.85. The van der Waals surface area contributed by atoms with Gasteiger partial charge in [0.2, 0.25) is 0 Å². The Morgan fingerprint density at radius 1 is 1.14 bits per heavy atom. The molecule has 0 aliphatic carbocycles. The lowest BCUT2D eigenvalue weighted by molar-refractivity contribution is -0.146. The highest BCUT2D eigenvalue weighted by Gasteiger charge is 2.22. The van der Waals surface area contributed by atoms with Crippen molar-refractivity contribution in [2.45, 2.75) is 33.6 Å². The summed E-state index contributed by atoms with van der Waals surface area (Å²) in [6.07, 6.45) is 0.773. The molecule has 0 saturated carbocycles. The highest BCUT2D eigenvalue weighted by molar-refractivity contribution is 9.10. The zero-order valence-corrected chi connectivity index (χ0v) is 19.0. The summed E-state index contributed by atoms with van der Waals surface area (Å²) in [5.74, 6) is -1.12. The molecule has 0 atom stereocenters. The molecule has 1 heterocycles. The zero-order valence-electron chi connectivity index (χ0n) is 16.6. The number of thiophene rings is 1. The molecule has 0 aliphatic rings. The second kappa shape index (κ2) is 11.1. The summed E-state index contributed by atoms with van der Waals surface area (Å²) in [6.45, 7) is 5.66. The molecule has 1 aromatic carbocycles. The highest BCUT2D eigenvalue weighted by Crippen LogP contribution is 2.31. The minimum absolute atomic E-state index is 0.0756. The first-order valence-electron chi connectivity index (χ1n) is 9.27. The third-order valence-corrected chi connectivity index (χ3v) is 5.33. The van der Waals surface area contributed by atoms with Crippen LogP contribution in [0.1, 0.15) is 42.3 Å². The van der Waals surface area contributed by atoms with E-state index in [9.17, 15) is 14.4 Å². The van der Waals surface area contributed by atoms with Crippen molar-refractivity contribution < 1.29 is 23.9 Å². The van der Waals surface area contributed by atoms with Crippen LogP contribution in [0.3, 0.4) is 0 Å². The summed E-state index contributed by atoms with van der Waals surface area (Å²) in [5, 5.41) is 4.92. The molecule has 0 saturated heterocycles. The summed E-state index contributed by atoms with van der Waals surface area (Å²) >= 11 is 4.59. The van der Waals surface area contributed by atoms with E-state index in [0.717, 1.165) is 15.6 Å². The number of amides is 1. The van der Waals surface area contributed by atoms with Gasteiger partial charge in [-0.15, -0.1) is 11.3 Å². The fourth-order valence-electron chi connectivity index (χ4n) is 2.63. The van der Waals surface area contributed by atoms with E-state index in [2.05, 4.69) is 35.1 Å². The van der Waals surface area contributed by atoms with Crippen LogP contribution in [0, 0.1) is 5.92 Å². The number of rotatable bonds is 9. The first kappa shape index (κ1) is 23.1. The number of halogens is 1. The molecule has 0 unspecified atom stereocenters. The van der Waals surface area contributed by atoms with Gasteiger partial charge in [0.25, 0.3) is 5.91 Å². The van der Waals surface area contributed by atoms with Gasteiger partial charge in [0, 0.05) is 4.47 Å². The monoisotopic (exact) mass is 481 g/mol. The van der Waals surface area contributed by atoms with Crippen LogP contribution in [-0.2, 0) is 31.9 Å². The summed E-state index contributed by atoms with van der Waals surface area (Å²) < 4.78 is 11.1. The summed E-state index contributed by atoms with van der Waals surface area (Å²) in [5.41, 5.74) is 2.01. The summed E-state index contributed by atoms with van der Waals surface area (Å²) in [6, 6.07) is 7.27. The van der Waals surface area contributed by atoms with Crippen LogP contribution in [0.15, 0.2) is 34.1 Å². The van der Waals surface area contributed by atoms with Crippen LogP contribution in [-0.4, -0.2) is 31.1 Å². The first-order valence-corrected chi connectivity index (χ1v) is 10.9. The van der Waals surface area contributed by atoms with Crippen molar-refractivity contribution in [3.63, 3.8) is 0 Å². The average Bonchev–Trinajstić information content (AvgIpc) is 3.03. The van der Waals surface area contributed by atoms with E-state index < -0.39 is 24.5 Å². The van der Waals surface area contributed by atoms with Crippen LogP contribution in [0.2, 0.25) is 0 Å². The SMILES string of the molecule is CCOC(=O)c1c(CC(C)C)csc1NC(=O)COC(=O)Cc1ccc(Br)cc1. The molecule has 0 fully saturated rings. The third kappa shape index (κ3) is 7.29. The maximum Gasteiger partial charge on any atom is 0.341 e. The minimum Gasteiger partial charge on any atom is -0.462 e. The quantitative estimate of drug-likeness (QED) is 0.528. The lowest BCUT2D eigenvalue weighted by Crippen LogP contribution is -2.22. The highest BCUT2D eigenvalue weighted by atomic mass is 79.9. The number of carbonyl (C=O) groups excluding carboxylic acids is 3. The number of carbonyl (C=O) groups is 3. The number of hydrogen-bond acceptors (Lipinski definition) is 6. The molecule has 1 aromatic heterocycles. The van der Waals surface area contributed by atoms with Crippen molar-refractivity contribution in [3.8, 4) is 0 Å². The standard InChI is InChI=1S/C21H24BrNO5S/c1-4-27-21(26)19-15(9-13(2)3)12-29-20(19)23-17(24)11-28-18(25)10-14-5-7-16(22)8-6-14/h5-8,12-13H,4,9-11H2,1-3H3,(H,23,24). The molecular weight excluding hydrogens is 458 g/mol. The first-order chi connectivity index (χ1) is 13.8.